The van der Waals surface area contributed by atoms with Crippen molar-refractivity contribution >= 4 is 26.0 Å². The van der Waals surface area contributed by atoms with Gasteiger partial charge in [0.15, 0.2) is 0 Å². The average Bonchev–Trinajstić information content (AvgIpc) is 2.61. The number of benzene rings is 2. The molecule has 5 nitrogen and oxygen atoms in total. The summed E-state index contributed by atoms with van der Waals surface area (Å²) in [4.78, 5) is 0.235. The van der Waals surface area contributed by atoms with Crippen LogP contribution in [0.15, 0.2) is 57.9 Å². The van der Waals surface area contributed by atoms with Gasteiger partial charge in [-0.25, -0.2) is 8.42 Å². The lowest BCUT2D eigenvalue weighted by molar-refractivity contribution is 0.110. The smallest absolute Gasteiger partial charge is 0.243 e. The maximum Gasteiger partial charge on any atom is 0.243 e. The van der Waals surface area contributed by atoms with Gasteiger partial charge in [0.25, 0.3) is 0 Å². The summed E-state index contributed by atoms with van der Waals surface area (Å²) in [5.74, 6) is 0.618. The first-order valence-corrected chi connectivity index (χ1v) is 10.2. The fraction of sp³-hybridized carbons (Fsp3) is 0.333. The maximum atomic E-state index is 12.7. The van der Waals surface area contributed by atoms with Crippen LogP contribution in [0.3, 0.4) is 0 Å². The molecule has 0 amide bonds. The molecule has 0 saturated carbocycles. The highest BCUT2D eigenvalue weighted by atomic mass is 79.9. The molecule has 0 saturated heterocycles. The van der Waals surface area contributed by atoms with Crippen LogP contribution in [0.2, 0.25) is 0 Å². The van der Waals surface area contributed by atoms with E-state index in [-0.39, 0.29) is 11.4 Å². The van der Waals surface area contributed by atoms with Crippen molar-refractivity contribution in [1.82, 2.24) is 4.31 Å². The molecule has 0 atom stereocenters. The van der Waals surface area contributed by atoms with Crippen molar-refractivity contribution in [3.63, 3.8) is 0 Å². The Kier molecular flexibility index (Phi) is 7.43. The van der Waals surface area contributed by atoms with Crippen LogP contribution in [-0.4, -0.2) is 39.6 Å². The second kappa shape index (κ2) is 9.33. The van der Waals surface area contributed by atoms with Crippen LogP contribution < -0.4 is 4.74 Å². The van der Waals surface area contributed by atoms with Crippen molar-refractivity contribution in [3.05, 3.63) is 58.6 Å². The zero-order valence-corrected chi connectivity index (χ0v) is 16.7. The summed E-state index contributed by atoms with van der Waals surface area (Å²) < 4.78 is 38.3. The van der Waals surface area contributed by atoms with E-state index in [1.54, 1.807) is 31.3 Å². The van der Waals surface area contributed by atoms with Gasteiger partial charge in [-0.05, 0) is 42.8 Å². The van der Waals surface area contributed by atoms with Crippen LogP contribution in [0.4, 0.5) is 0 Å². The van der Waals surface area contributed by atoms with Gasteiger partial charge in [0, 0.05) is 24.7 Å². The molecule has 2 rings (SSSR count). The molecule has 0 radical (unpaired) electrons. The summed E-state index contributed by atoms with van der Waals surface area (Å²) in [7, 11) is -2.00. The van der Waals surface area contributed by atoms with Crippen LogP contribution in [0, 0.1) is 0 Å². The minimum atomic E-state index is -3.57. The van der Waals surface area contributed by atoms with Crippen LogP contribution in [-0.2, 0) is 21.3 Å². The predicted octanol–water partition coefficient (Wildman–Crippen LogP) is 3.69. The van der Waals surface area contributed by atoms with Gasteiger partial charge in [0.05, 0.1) is 11.5 Å². The third-order valence-corrected chi connectivity index (χ3v) is 6.17. The first-order chi connectivity index (χ1) is 11.9. The summed E-state index contributed by atoms with van der Waals surface area (Å²) in [6.45, 7) is 3.79. The molecule has 136 valence electrons. The topological polar surface area (TPSA) is 55.8 Å². The van der Waals surface area contributed by atoms with Gasteiger partial charge in [-0.15, -0.1) is 0 Å². The molecule has 0 fully saturated rings. The molecule has 2 aromatic carbocycles. The van der Waals surface area contributed by atoms with Crippen molar-refractivity contribution < 1.29 is 17.9 Å². The first-order valence-electron chi connectivity index (χ1n) is 7.95. The molecular formula is C18H22BrNO4S. The summed E-state index contributed by atoms with van der Waals surface area (Å²) in [6, 6.07) is 14.0. The normalized spacial score (nSPS) is 11.7. The molecule has 0 aromatic heterocycles. The molecular weight excluding hydrogens is 406 g/mol. The Balaban J connectivity index is 2.04. The Bertz CT molecular complexity index is 778. The Labute approximate surface area is 157 Å². The molecule has 25 heavy (non-hydrogen) atoms. The SMILES string of the molecule is CCOCCOc1ccc(S(=O)(=O)N(C)Cc2ccccc2Br)cc1. The van der Waals surface area contributed by atoms with Crippen molar-refractivity contribution in [1.29, 1.82) is 0 Å². The zero-order valence-electron chi connectivity index (χ0n) is 14.3. The number of nitrogens with zero attached hydrogens (tertiary/aromatic N) is 1. The van der Waals surface area contributed by atoms with E-state index in [1.165, 1.54) is 4.31 Å². The summed E-state index contributed by atoms with van der Waals surface area (Å²) >= 11 is 3.44. The van der Waals surface area contributed by atoms with Gasteiger partial charge >= 0.3 is 0 Å². The second-order valence-corrected chi connectivity index (χ2v) is 8.27. The number of sulfonamides is 1. The van der Waals surface area contributed by atoms with Crippen LogP contribution >= 0.6 is 15.9 Å². The summed E-state index contributed by atoms with van der Waals surface area (Å²) in [5.41, 5.74) is 0.907. The lowest BCUT2D eigenvalue weighted by Crippen LogP contribution is -2.26. The lowest BCUT2D eigenvalue weighted by Gasteiger charge is -2.18. The van der Waals surface area contributed by atoms with E-state index in [1.807, 2.05) is 31.2 Å². The third kappa shape index (κ3) is 5.54. The van der Waals surface area contributed by atoms with Crippen molar-refractivity contribution in [2.75, 3.05) is 26.9 Å². The van der Waals surface area contributed by atoms with Crippen molar-refractivity contribution in [2.24, 2.45) is 0 Å². The number of hydrogen-bond acceptors (Lipinski definition) is 4. The van der Waals surface area contributed by atoms with Crippen molar-refractivity contribution in [3.8, 4) is 5.75 Å². The first kappa shape index (κ1) is 19.9. The average molecular weight is 428 g/mol. The van der Waals surface area contributed by atoms with Gasteiger partial charge in [-0.3, -0.25) is 0 Å². The van der Waals surface area contributed by atoms with E-state index in [0.29, 0.717) is 25.6 Å². The minimum Gasteiger partial charge on any atom is -0.491 e. The minimum absolute atomic E-state index is 0.235. The van der Waals surface area contributed by atoms with E-state index in [9.17, 15) is 8.42 Å². The third-order valence-electron chi connectivity index (χ3n) is 3.58. The molecule has 0 heterocycles. The van der Waals surface area contributed by atoms with E-state index in [4.69, 9.17) is 9.47 Å². The Morgan fingerprint density at radius 1 is 1.04 bits per heavy atom. The van der Waals surface area contributed by atoms with E-state index in [0.717, 1.165) is 10.0 Å². The number of hydrogen-bond donors (Lipinski definition) is 0. The van der Waals surface area contributed by atoms with Crippen LogP contribution in [0.5, 0.6) is 5.75 Å². The Hall–Kier alpha value is -1.41. The second-order valence-electron chi connectivity index (χ2n) is 5.37. The van der Waals surface area contributed by atoms with Crippen molar-refractivity contribution in [2.45, 2.75) is 18.4 Å². The lowest BCUT2D eigenvalue weighted by atomic mass is 10.2. The van der Waals surface area contributed by atoms with Gasteiger partial charge < -0.3 is 9.47 Å². The van der Waals surface area contributed by atoms with Gasteiger partial charge in [0.2, 0.25) is 10.0 Å². The van der Waals surface area contributed by atoms with Gasteiger partial charge in [-0.1, -0.05) is 34.1 Å². The molecule has 0 spiro atoms. The standard InChI is InChI=1S/C18H22BrNO4S/c1-3-23-12-13-24-16-8-10-17(11-9-16)25(21,22)20(2)14-15-6-4-5-7-18(15)19/h4-11H,3,12-14H2,1-2H3. The fourth-order valence-corrected chi connectivity index (χ4v) is 3.76. The highest BCUT2D eigenvalue weighted by molar-refractivity contribution is 9.10. The number of rotatable bonds is 9. The van der Waals surface area contributed by atoms with Gasteiger partial charge in [-0.2, -0.15) is 4.31 Å². The molecule has 2 aromatic rings. The maximum absolute atomic E-state index is 12.7. The largest absolute Gasteiger partial charge is 0.491 e. The highest BCUT2D eigenvalue weighted by Crippen LogP contribution is 2.23. The van der Waals surface area contributed by atoms with Crippen LogP contribution in [0.25, 0.3) is 0 Å². The zero-order chi connectivity index (χ0) is 18.3. The molecule has 7 heteroatoms. The Morgan fingerprint density at radius 2 is 1.72 bits per heavy atom. The van der Waals surface area contributed by atoms with Crippen LogP contribution in [0.1, 0.15) is 12.5 Å². The number of halogens is 1. The number of ether oxygens (including phenoxy) is 2. The molecule has 0 unspecified atom stereocenters. The molecule has 0 N–H and O–H groups in total. The van der Waals surface area contributed by atoms with E-state index < -0.39 is 10.0 Å². The summed E-state index contributed by atoms with van der Waals surface area (Å²) in [6.07, 6.45) is 0. The summed E-state index contributed by atoms with van der Waals surface area (Å²) in [5, 5.41) is 0. The quantitative estimate of drug-likeness (QED) is 0.572. The Morgan fingerprint density at radius 3 is 2.36 bits per heavy atom. The molecule has 0 aliphatic heterocycles. The fourth-order valence-electron chi connectivity index (χ4n) is 2.20. The molecule has 0 aliphatic carbocycles. The molecule has 0 bridgehead atoms. The van der Waals surface area contributed by atoms with E-state index >= 15 is 0 Å². The monoisotopic (exact) mass is 427 g/mol. The highest BCUT2D eigenvalue weighted by Gasteiger charge is 2.21. The van der Waals surface area contributed by atoms with Gasteiger partial charge in [0.1, 0.15) is 12.4 Å². The van der Waals surface area contributed by atoms with E-state index in [2.05, 4.69) is 15.9 Å². The molecule has 0 aliphatic rings. The predicted molar refractivity (Wildman–Crippen MR) is 101 cm³/mol.